The van der Waals surface area contributed by atoms with E-state index in [1.807, 2.05) is 0 Å². The third kappa shape index (κ3) is 3.88. The van der Waals surface area contributed by atoms with E-state index in [4.69, 9.17) is 12.6 Å². The van der Waals surface area contributed by atoms with Gasteiger partial charge in [0.25, 0.3) is 0 Å². The van der Waals surface area contributed by atoms with Gasteiger partial charge in [-0.15, -0.1) is 12.6 Å². The molecule has 0 atom stereocenters. The van der Waals surface area contributed by atoms with Crippen LogP contribution in [-0.4, -0.2) is 4.57 Å². The molecule has 0 N–H and O–H groups in total. The first-order chi connectivity index (χ1) is 20.2. The van der Waals surface area contributed by atoms with E-state index in [0.717, 1.165) is 29.8 Å². The first-order valence-electron chi connectivity index (χ1n) is 14.4. The van der Waals surface area contributed by atoms with Crippen LogP contribution in [0.25, 0.3) is 44.9 Å². The van der Waals surface area contributed by atoms with E-state index < -0.39 is 0 Å². The molecule has 6 aromatic rings. The van der Waals surface area contributed by atoms with E-state index in [1.165, 1.54) is 67.0 Å². The fraction of sp³-hybridized carbons (Fsp3) is 0.105. The zero-order valence-electron chi connectivity index (χ0n) is 23.0. The number of aromatic nitrogens is 1. The van der Waals surface area contributed by atoms with Crippen LogP contribution >= 0.6 is 12.6 Å². The molecule has 41 heavy (non-hydrogen) atoms. The normalized spacial score (nSPS) is 13.7. The maximum Gasteiger partial charge on any atom is 0.0537 e. The van der Waals surface area contributed by atoms with Crippen molar-refractivity contribution in [1.82, 2.24) is 4.57 Å². The van der Waals surface area contributed by atoms with Crippen LogP contribution in [0.1, 0.15) is 28.8 Å². The lowest BCUT2D eigenvalue weighted by atomic mass is 9.92. The average Bonchev–Trinajstić information content (AvgIpc) is 3.36. The van der Waals surface area contributed by atoms with E-state index in [-0.39, 0.29) is 0 Å². The van der Waals surface area contributed by atoms with Gasteiger partial charge in [-0.05, 0) is 102 Å². The van der Waals surface area contributed by atoms with Crippen molar-refractivity contribution < 1.29 is 0 Å². The fourth-order valence-electron chi connectivity index (χ4n) is 6.76. The molecule has 0 fully saturated rings. The van der Waals surface area contributed by atoms with Crippen molar-refractivity contribution in [3.63, 3.8) is 0 Å². The molecule has 198 valence electrons. The number of thiol groups is 1. The number of hydrogen-bond acceptors (Lipinski definition) is 2. The molecule has 1 aromatic heterocycles. The fourth-order valence-corrected chi connectivity index (χ4v) is 7.02. The topological polar surface area (TPSA) is 8.17 Å². The first-order valence-corrected chi connectivity index (χ1v) is 14.8. The van der Waals surface area contributed by atoms with E-state index in [1.54, 1.807) is 0 Å². The van der Waals surface area contributed by atoms with Crippen molar-refractivity contribution in [3.8, 4) is 27.9 Å². The molecule has 3 heteroatoms. The number of rotatable bonds is 3. The lowest BCUT2D eigenvalue weighted by Gasteiger charge is -2.33. The molecule has 2 nitrogen and oxygen atoms in total. The molecule has 0 radical (unpaired) electrons. The van der Waals surface area contributed by atoms with Gasteiger partial charge in [-0.3, -0.25) is 0 Å². The van der Waals surface area contributed by atoms with Crippen LogP contribution in [0.2, 0.25) is 0 Å². The van der Waals surface area contributed by atoms with Crippen LogP contribution in [-0.2, 0) is 13.0 Å². The summed E-state index contributed by atoms with van der Waals surface area (Å²) in [4.78, 5) is 3.43. The zero-order valence-corrected chi connectivity index (χ0v) is 23.9. The van der Waals surface area contributed by atoms with E-state index in [2.05, 4.69) is 138 Å². The number of allylic oxidation sites excluding steroid dienone is 1. The molecule has 0 unspecified atom stereocenters. The summed E-state index contributed by atoms with van der Waals surface area (Å²) >= 11 is 4.98. The second-order valence-electron chi connectivity index (χ2n) is 11.1. The van der Waals surface area contributed by atoms with E-state index in [9.17, 15) is 0 Å². The van der Waals surface area contributed by atoms with Crippen molar-refractivity contribution in [3.05, 3.63) is 138 Å². The summed E-state index contributed by atoms with van der Waals surface area (Å²) in [6.07, 6.45) is 6.77. The number of hydrogen-bond donors (Lipinski definition) is 1. The zero-order chi connectivity index (χ0) is 27.5. The Balaban J connectivity index is 1.28. The summed E-state index contributed by atoms with van der Waals surface area (Å²) in [6, 6.07) is 39.9. The van der Waals surface area contributed by atoms with Gasteiger partial charge in [0.2, 0.25) is 0 Å². The highest BCUT2D eigenvalue weighted by molar-refractivity contribution is 7.80. The summed E-state index contributed by atoms with van der Waals surface area (Å²) in [5.74, 6) is 0. The monoisotopic (exact) mass is 546 g/mol. The van der Waals surface area contributed by atoms with Crippen molar-refractivity contribution in [2.24, 2.45) is 0 Å². The van der Waals surface area contributed by atoms with Crippen LogP contribution in [0.5, 0.6) is 0 Å². The lowest BCUT2D eigenvalue weighted by Crippen LogP contribution is -2.21. The van der Waals surface area contributed by atoms with E-state index >= 15 is 0 Å². The molecule has 2 heterocycles. The van der Waals surface area contributed by atoms with Crippen molar-refractivity contribution in [2.75, 3.05) is 4.90 Å². The van der Waals surface area contributed by atoms with Gasteiger partial charge in [-0.1, -0.05) is 72.8 Å². The van der Waals surface area contributed by atoms with Crippen LogP contribution in [0.4, 0.5) is 11.4 Å². The Morgan fingerprint density at radius 1 is 0.683 bits per heavy atom. The molecule has 8 rings (SSSR count). The molecule has 0 bridgehead atoms. The van der Waals surface area contributed by atoms with Crippen LogP contribution in [0.3, 0.4) is 0 Å². The number of benzene rings is 5. The number of aryl methyl sites for hydroxylation is 2. The average molecular weight is 547 g/mol. The Morgan fingerprint density at radius 2 is 1.44 bits per heavy atom. The summed E-state index contributed by atoms with van der Waals surface area (Å²) in [5.41, 5.74) is 15.2. The quantitative estimate of drug-likeness (QED) is 0.217. The highest BCUT2D eigenvalue weighted by Crippen LogP contribution is 2.44. The SMILES string of the molecule is Cc1ccc(N2Cc3ccccc3-c3ccccc32)cc1-c1cc(-n2c3c(c4ccccc42)CCC=C3)ccc1S. The van der Waals surface area contributed by atoms with Crippen LogP contribution < -0.4 is 4.90 Å². The third-order valence-electron chi connectivity index (χ3n) is 8.75. The Morgan fingerprint density at radius 3 is 2.37 bits per heavy atom. The molecule has 1 aliphatic carbocycles. The van der Waals surface area contributed by atoms with Gasteiger partial charge in [0.1, 0.15) is 0 Å². The number of anilines is 2. The minimum atomic E-state index is 0.845. The van der Waals surface area contributed by atoms with E-state index in [0.29, 0.717) is 0 Å². The summed E-state index contributed by atoms with van der Waals surface area (Å²) in [5, 5.41) is 1.35. The lowest BCUT2D eigenvalue weighted by molar-refractivity contribution is 0.960. The predicted molar refractivity (Wildman–Crippen MR) is 176 cm³/mol. The first kappa shape index (κ1) is 24.3. The minimum Gasteiger partial charge on any atom is -0.336 e. The molecular formula is C38H30N2S. The van der Waals surface area contributed by atoms with Crippen molar-refractivity contribution >= 4 is 41.0 Å². The van der Waals surface area contributed by atoms with Crippen molar-refractivity contribution in [2.45, 2.75) is 31.2 Å². The smallest absolute Gasteiger partial charge is 0.0537 e. The Labute approximate surface area is 246 Å². The predicted octanol–water partition coefficient (Wildman–Crippen LogP) is 10.2. The molecular weight excluding hydrogens is 516 g/mol. The van der Waals surface area contributed by atoms with Gasteiger partial charge in [-0.25, -0.2) is 0 Å². The molecule has 5 aromatic carbocycles. The van der Waals surface area contributed by atoms with Gasteiger partial charge >= 0.3 is 0 Å². The molecule has 0 saturated heterocycles. The summed E-state index contributed by atoms with van der Waals surface area (Å²) < 4.78 is 2.42. The largest absolute Gasteiger partial charge is 0.336 e. The number of para-hydroxylation sites is 2. The minimum absolute atomic E-state index is 0.845. The second-order valence-corrected chi connectivity index (χ2v) is 11.6. The maximum absolute atomic E-state index is 4.98. The van der Waals surface area contributed by atoms with Gasteiger partial charge in [0.15, 0.2) is 0 Å². The highest BCUT2D eigenvalue weighted by atomic mass is 32.1. The Hall–Kier alpha value is -4.47. The Kier molecular flexibility index (Phi) is 5.68. The van der Waals surface area contributed by atoms with Crippen LogP contribution in [0.15, 0.2) is 120 Å². The standard InChI is InChI=1S/C38H30N2S/c1-25-18-19-27(39-24-26-10-2-3-11-29(26)30-12-4-7-15-35(30)39)22-33(25)34-23-28(20-21-38(34)41)40-36-16-8-5-13-31(36)32-14-6-9-17-37(32)40/h2-5,7-13,15-23,41H,6,14,24H2,1H3. The number of fused-ring (bicyclic) bond motifs is 6. The summed E-state index contributed by atoms with van der Waals surface area (Å²) in [7, 11) is 0. The summed E-state index contributed by atoms with van der Waals surface area (Å²) in [6.45, 7) is 3.05. The number of nitrogens with zero attached hydrogens (tertiary/aromatic N) is 2. The molecule has 0 amide bonds. The van der Waals surface area contributed by atoms with Gasteiger partial charge in [0.05, 0.1) is 5.52 Å². The molecule has 0 spiro atoms. The molecule has 0 saturated carbocycles. The third-order valence-corrected chi connectivity index (χ3v) is 9.14. The van der Waals surface area contributed by atoms with Crippen molar-refractivity contribution in [1.29, 1.82) is 0 Å². The van der Waals surface area contributed by atoms with Crippen LogP contribution in [0, 0.1) is 6.92 Å². The maximum atomic E-state index is 4.98. The molecule has 2 aliphatic rings. The molecule has 1 aliphatic heterocycles. The van der Waals surface area contributed by atoms with Gasteiger partial charge < -0.3 is 9.47 Å². The second kappa shape index (κ2) is 9.57. The van der Waals surface area contributed by atoms with Gasteiger partial charge in [0, 0.05) is 45.1 Å². The highest BCUT2D eigenvalue weighted by Gasteiger charge is 2.24. The Bertz CT molecular complexity index is 2010. The van der Waals surface area contributed by atoms with Gasteiger partial charge in [-0.2, -0.15) is 0 Å².